The standard InChI is InChI=1S/C18H22N4O3/c23-16-9-13(18(24)19-10-12-5-7-25-8-6-12)11-22(16)17-14-3-1-2-4-15(14)20-21-17/h1-4,12-13H,5-11H2,(H,19,24)(H,20,21)/t13-/m1/s1. The van der Waals surface area contributed by atoms with Crippen LogP contribution in [-0.2, 0) is 14.3 Å². The van der Waals surface area contributed by atoms with Crippen LogP contribution in [0.4, 0.5) is 5.82 Å². The molecule has 7 nitrogen and oxygen atoms in total. The van der Waals surface area contributed by atoms with Gasteiger partial charge in [0.2, 0.25) is 11.8 Å². The smallest absolute Gasteiger partial charge is 0.229 e. The Labute approximate surface area is 145 Å². The maximum Gasteiger partial charge on any atom is 0.229 e. The number of carbonyl (C=O) groups is 2. The van der Waals surface area contributed by atoms with Crippen LogP contribution in [0, 0.1) is 11.8 Å². The summed E-state index contributed by atoms with van der Waals surface area (Å²) in [5, 5.41) is 11.1. The lowest BCUT2D eigenvalue weighted by Crippen LogP contribution is -2.37. The van der Waals surface area contributed by atoms with E-state index >= 15 is 0 Å². The van der Waals surface area contributed by atoms with Gasteiger partial charge in [-0.2, -0.15) is 5.10 Å². The number of anilines is 1. The van der Waals surface area contributed by atoms with E-state index in [0.29, 0.717) is 24.8 Å². The van der Waals surface area contributed by atoms with Crippen LogP contribution in [0.2, 0.25) is 0 Å². The van der Waals surface area contributed by atoms with Gasteiger partial charge in [0.1, 0.15) is 0 Å². The summed E-state index contributed by atoms with van der Waals surface area (Å²) in [6.07, 6.45) is 2.20. The first kappa shape index (κ1) is 16.1. The molecule has 0 saturated carbocycles. The SMILES string of the molecule is O=C(NCC1CCOCC1)[C@@H]1CC(=O)N(c2n[nH]c3ccccc23)C1. The molecule has 25 heavy (non-hydrogen) atoms. The lowest BCUT2D eigenvalue weighted by Gasteiger charge is -2.22. The van der Waals surface area contributed by atoms with E-state index in [1.807, 2.05) is 24.3 Å². The highest BCUT2D eigenvalue weighted by atomic mass is 16.5. The highest BCUT2D eigenvalue weighted by Gasteiger charge is 2.36. The Hall–Kier alpha value is -2.41. The van der Waals surface area contributed by atoms with Crippen molar-refractivity contribution in [2.24, 2.45) is 11.8 Å². The fourth-order valence-electron chi connectivity index (χ4n) is 3.58. The van der Waals surface area contributed by atoms with E-state index in [9.17, 15) is 9.59 Å². The first-order valence-electron chi connectivity index (χ1n) is 8.81. The van der Waals surface area contributed by atoms with Crippen molar-refractivity contribution in [1.29, 1.82) is 0 Å². The number of aromatic nitrogens is 2. The first-order chi connectivity index (χ1) is 12.2. The first-order valence-corrected chi connectivity index (χ1v) is 8.81. The molecule has 4 rings (SSSR count). The number of amides is 2. The molecule has 0 spiro atoms. The van der Waals surface area contributed by atoms with E-state index in [1.165, 1.54) is 0 Å². The van der Waals surface area contributed by atoms with Crippen LogP contribution in [0.15, 0.2) is 24.3 Å². The lowest BCUT2D eigenvalue weighted by atomic mass is 10.00. The summed E-state index contributed by atoms with van der Waals surface area (Å²) in [5.74, 6) is 0.676. The Balaban J connectivity index is 1.40. The summed E-state index contributed by atoms with van der Waals surface area (Å²) in [4.78, 5) is 26.5. The van der Waals surface area contributed by atoms with Gasteiger partial charge >= 0.3 is 0 Å². The zero-order valence-electron chi connectivity index (χ0n) is 14.0. The van der Waals surface area contributed by atoms with Gasteiger partial charge in [-0.1, -0.05) is 12.1 Å². The number of nitrogens with zero attached hydrogens (tertiary/aromatic N) is 2. The predicted molar refractivity (Wildman–Crippen MR) is 93.1 cm³/mol. The molecule has 2 amide bonds. The number of rotatable bonds is 4. The summed E-state index contributed by atoms with van der Waals surface area (Å²) < 4.78 is 5.34. The maximum atomic E-state index is 12.5. The van der Waals surface area contributed by atoms with Gasteiger partial charge in [0, 0.05) is 38.1 Å². The van der Waals surface area contributed by atoms with E-state index < -0.39 is 0 Å². The van der Waals surface area contributed by atoms with Crippen molar-refractivity contribution < 1.29 is 14.3 Å². The highest BCUT2D eigenvalue weighted by Crippen LogP contribution is 2.29. The zero-order valence-corrected chi connectivity index (χ0v) is 14.0. The number of para-hydroxylation sites is 1. The van der Waals surface area contributed by atoms with Crippen molar-refractivity contribution in [3.63, 3.8) is 0 Å². The number of aromatic amines is 1. The summed E-state index contributed by atoms with van der Waals surface area (Å²) >= 11 is 0. The van der Waals surface area contributed by atoms with Crippen LogP contribution in [0.1, 0.15) is 19.3 Å². The lowest BCUT2D eigenvalue weighted by molar-refractivity contribution is -0.126. The largest absolute Gasteiger partial charge is 0.381 e. The molecule has 0 aliphatic carbocycles. The molecule has 2 fully saturated rings. The third-order valence-electron chi connectivity index (χ3n) is 5.11. The number of H-pyrrole nitrogens is 1. The summed E-state index contributed by atoms with van der Waals surface area (Å²) in [6.45, 7) is 2.58. The predicted octanol–water partition coefficient (Wildman–Crippen LogP) is 1.46. The second kappa shape index (κ2) is 6.84. The number of hydrogen-bond acceptors (Lipinski definition) is 4. The molecule has 0 unspecified atom stereocenters. The molecule has 2 aliphatic rings. The topological polar surface area (TPSA) is 87.3 Å². The molecule has 3 heterocycles. The van der Waals surface area contributed by atoms with Crippen LogP contribution in [0.3, 0.4) is 0 Å². The van der Waals surface area contributed by atoms with Crippen LogP contribution in [0.25, 0.3) is 10.9 Å². The van der Waals surface area contributed by atoms with Gasteiger partial charge in [0.25, 0.3) is 0 Å². The molecule has 0 radical (unpaired) electrons. The van der Waals surface area contributed by atoms with Crippen LogP contribution in [-0.4, -0.2) is 48.3 Å². The molecular formula is C18H22N4O3. The summed E-state index contributed by atoms with van der Waals surface area (Å²) in [7, 11) is 0. The van der Waals surface area contributed by atoms with Gasteiger partial charge in [-0.05, 0) is 30.9 Å². The normalized spacial score (nSPS) is 21.8. The van der Waals surface area contributed by atoms with E-state index in [2.05, 4.69) is 15.5 Å². The fraction of sp³-hybridized carbons (Fsp3) is 0.500. The van der Waals surface area contributed by atoms with Crippen molar-refractivity contribution in [3.05, 3.63) is 24.3 Å². The number of nitrogens with one attached hydrogen (secondary N) is 2. The van der Waals surface area contributed by atoms with Crippen LogP contribution >= 0.6 is 0 Å². The van der Waals surface area contributed by atoms with E-state index in [1.54, 1.807) is 4.90 Å². The Kier molecular flexibility index (Phi) is 4.40. The molecule has 7 heteroatoms. The Morgan fingerprint density at radius 2 is 2.12 bits per heavy atom. The molecule has 2 N–H and O–H groups in total. The second-order valence-corrected chi connectivity index (χ2v) is 6.80. The van der Waals surface area contributed by atoms with Crippen molar-refractivity contribution in [1.82, 2.24) is 15.5 Å². The van der Waals surface area contributed by atoms with Gasteiger partial charge in [0.05, 0.1) is 11.4 Å². The van der Waals surface area contributed by atoms with E-state index in [4.69, 9.17) is 4.74 Å². The number of carbonyl (C=O) groups excluding carboxylic acids is 2. The van der Waals surface area contributed by atoms with Gasteiger partial charge in [-0.3, -0.25) is 19.6 Å². The third-order valence-corrected chi connectivity index (χ3v) is 5.11. The maximum absolute atomic E-state index is 12.5. The van der Waals surface area contributed by atoms with Crippen molar-refractivity contribution in [2.75, 3.05) is 31.2 Å². The average molecular weight is 342 g/mol. The molecule has 2 aliphatic heterocycles. The van der Waals surface area contributed by atoms with Gasteiger partial charge in [-0.25, -0.2) is 0 Å². The monoisotopic (exact) mass is 342 g/mol. The number of ether oxygens (including phenoxy) is 1. The Morgan fingerprint density at radius 1 is 1.32 bits per heavy atom. The van der Waals surface area contributed by atoms with Crippen molar-refractivity contribution >= 4 is 28.5 Å². The molecule has 132 valence electrons. The molecule has 2 aromatic rings. The molecule has 1 aromatic carbocycles. The summed E-state index contributed by atoms with van der Waals surface area (Å²) in [6, 6.07) is 7.69. The third kappa shape index (κ3) is 3.24. The highest BCUT2D eigenvalue weighted by molar-refractivity contribution is 6.05. The van der Waals surface area contributed by atoms with Gasteiger partial charge in [0.15, 0.2) is 5.82 Å². The zero-order chi connectivity index (χ0) is 17.2. The minimum Gasteiger partial charge on any atom is -0.381 e. The molecular weight excluding hydrogens is 320 g/mol. The number of hydrogen-bond donors (Lipinski definition) is 2. The fourth-order valence-corrected chi connectivity index (χ4v) is 3.58. The van der Waals surface area contributed by atoms with Crippen LogP contribution < -0.4 is 10.2 Å². The van der Waals surface area contributed by atoms with Crippen molar-refractivity contribution in [3.8, 4) is 0 Å². The summed E-state index contributed by atoms with van der Waals surface area (Å²) in [5.41, 5.74) is 0.887. The minimum atomic E-state index is -0.317. The molecule has 1 aromatic heterocycles. The van der Waals surface area contributed by atoms with E-state index in [-0.39, 0.29) is 24.2 Å². The molecule has 2 saturated heterocycles. The quantitative estimate of drug-likeness (QED) is 0.881. The minimum absolute atomic E-state index is 0.0396. The second-order valence-electron chi connectivity index (χ2n) is 6.80. The number of benzene rings is 1. The van der Waals surface area contributed by atoms with Crippen molar-refractivity contribution in [2.45, 2.75) is 19.3 Å². The molecule has 0 bridgehead atoms. The Bertz CT molecular complexity index is 781. The van der Waals surface area contributed by atoms with Crippen LogP contribution in [0.5, 0.6) is 0 Å². The number of fused-ring (bicyclic) bond motifs is 1. The average Bonchev–Trinajstić information content (AvgIpc) is 3.24. The molecule has 1 atom stereocenters. The Morgan fingerprint density at radius 3 is 2.96 bits per heavy atom. The van der Waals surface area contributed by atoms with Gasteiger partial charge < -0.3 is 10.1 Å². The van der Waals surface area contributed by atoms with E-state index in [0.717, 1.165) is 37.0 Å². The van der Waals surface area contributed by atoms with Gasteiger partial charge in [-0.15, -0.1) is 0 Å².